The third-order valence-corrected chi connectivity index (χ3v) is 3.39. The Kier molecular flexibility index (Phi) is 5.45. The highest BCUT2D eigenvalue weighted by molar-refractivity contribution is 5.62. The van der Waals surface area contributed by atoms with E-state index in [1.165, 1.54) is 0 Å². The molecule has 0 aliphatic heterocycles. The maximum atomic E-state index is 4.52. The highest BCUT2D eigenvalue weighted by Gasteiger charge is 2.07. The maximum absolute atomic E-state index is 4.52. The second-order valence-corrected chi connectivity index (χ2v) is 4.95. The highest BCUT2D eigenvalue weighted by Crippen LogP contribution is 2.14. The Labute approximate surface area is 137 Å². The molecule has 3 rings (SSSR count). The smallest absolute Gasteiger partial charge is 0.287 e. The second-order valence-electron chi connectivity index (χ2n) is 4.95. The van der Waals surface area contributed by atoms with E-state index in [0.717, 1.165) is 28.9 Å². The minimum atomic E-state index is 0. The number of hydrogen-bond acceptors (Lipinski definition) is 1. The zero-order chi connectivity index (χ0) is 14.5. The van der Waals surface area contributed by atoms with Crippen molar-refractivity contribution in [3.05, 3.63) is 91.4 Å². The zero-order valence-corrected chi connectivity index (χ0v) is 12.9. The number of hydrogen-bond donors (Lipinski definition) is 0. The lowest BCUT2D eigenvalue weighted by molar-refractivity contribution is -0.687. The number of allylic oxidation sites excluding steroid dienone is 1. The Bertz CT molecular complexity index is 722. The standard InChI is InChI=1S/C19H17N2.ClH/c1-16(17-8-4-2-5-9-17)14-21-13-12-19(20-15-21)18-10-6-3-7-11-18;/h2-13,15H,1,14H2;1H/q+1;/p-1. The van der Waals surface area contributed by atoms with Crippen LogP contribution < -0.4 is 17.0 Å². The van der Waals surface area contributed by atoms with Crippen LogP contribution in [0.5, 0.6) is 0 Å². The monoisotopic (exact) mass is 308 g/mol. The summed E-state index contributed by atoms with van der Waals surface area (Å²) in [6.07, 6.45) is 3.90. The lowest BCUT2D eigenvalue weighted by Crippen LogP contribution is -3.00. The van der Waals surface area contributed by atoms with E-state index in [4.69, 9.17) is 0 Å². The van der Waals surface area contributed by atoms with Gasteiger partial charge in [0.15, 0.2) is 5.69 Å². The highest BCUT2D eigenvalue weighted by atomic mass is 35.5. The molecule has 22 heavy (non-hydrogen) atoms. The van der Waals surface area contributed by atoms with Crippen LogP contribution in [0.3, 0.4) is 0 Å². The number of halogens is 1. The molecule has 0 aliphatic carbocycles. The van der Waals surface area contributed by atoms with Gasteiger partial charge in [-0.15, -0.1) is 0 Å². The Balaban J connectivity index is 0.00000176. The first kappa shape index (κ1) is 15.9. The first-order valence-electron chi connectivity index (χ1n) is 6.96. The third kappa shape index (κ3) is 3.80. The third-order valence-electron chi connectivity index (χ3n) is 3.39. The summed E-state index contributed by atoms with van der Waals surface area (Å²) in [6.45, 7) is 4.89. The Morgan fingerprint density at radius 1 is 0.909 bits per heavy atom. The van der Waals surface area contributed by atoms with Gasteiger partial charge >= 0.3 is 0 Å². The molecule has 0 fully saturated rings. The van der Waals surface area contributed by atoms with Crippen molar-refractivity contribution >= 4 is 5.57 Å². The van der Waals surface area contributed by atoms with Gasteiger partial charge in [0.1, 0.15) is 6.54 Å². The van der Waals surface area contributed by atoms with Crippen LogP contribution in [0, 0.1) is 0 Å². The molecule has 0 unspecified atom stereocenters. The summed E-state index contributed by atoms with van der Waals surface area (Å²) in [5.74, 6) is 0. The molecule has 1 aromatic heterocycles. The zero-order valence-electron chi connectivity index (χ0n) is 12.2. The molecule has 0 amide bonds. The van der Waals surface area contributed by atoms with Crippen LogP contribution >= 0.6 is 0 Å². The largest absolute Gasteiger partial charge is 1.00 e. The van der Waals surface area contributed by atoms with Crippen LogP contribution in [0.25, 0.3) is 16.8 Å². The molecule has 0 N–H and O–H groups in total. The van der Waals surface area contributed by atoms with E-state index in [9.17, 15) is 0 Å². The molecule has 0 bridgehead atoms. The Morgan fingerprint density at radius 3 is 2.14 bits per heavy atom. The average molecular weight is 309 g/mol. The van der Waals surface area contributed by atoms with Crippen molar-refractivity contribution in [3.63, 3.8) is 0 Å². The van der Waals surface area contributed by atoms with Crippen molar-refractivity contribution in [3.8, 4) is 11.3 Å². The minimum Gasteiger partial charge on any atom is -1.00 e. The molecular weight excluding hydrogens is 292 g/mol. The van der Waals surface area contributed by atoms with Crippen molar-refractivity contribution in [1.29, 1.82) is 0 Å². The van der Waals surface area contributed by atoms with E-state index >= 15 is 0 Å². The summed E-state index contributed by atoms with van der Waals surface area (Å²) in [4.78, 5) is 4.52. The van der Waals surface area contributed by atoms with Crippen molar-refractivity contribution in [2.75, 3.05) is 0 Å². The normalized spacial score (nSPS) is 9.82. The van der Waals surface area contributed by atoms with E-state index in [2.05, 4.69) is 35.8 Å². The fourth-order valence-corrected chi connectivity index (χ4v) is 2.24. The van der Waals surface area contributed by atoms with Crippen LogP contribution in [0.15, 0.2) is 85.8 Å². The van der Waals surface area contributed by atoms with E-state index in [1.807, 2.05) is 59.6 Å². The number of nitrogens with zero attached hydrogens (tertiary/aromatic N) is 2. The molecule has 0 atom stereocenters. The molecule has 3 aromatic rings. The van der Waals surface area contributed by atoms with Gasteiger partial charge in [0, 0.05) is 11.6 Å². The summed E-state index contributed by atoms with van der Waals surface area (Å²) in [5.41, 5.74) is 4.36. The predicted octanol–water partition coefficient (Wildman–Crippen LogP) is 0.753. The molecule has 110 valence electrons. The van der Waals surface area contributed by atoms with Gasteiger partial charge in [-0.2, -0.15) is 0 Å². The van der Waals surface area contributed by atoms with Crippen molar-refractivity contribution in [2.24, 2.45) is 0 Å². The van der Waals surface area contributed by atoms with E-state index in [-0.39, 0.29) is 12.4 Å². The van der Waals surface area contributed by atoms with E-state index in [1.54, 1.807) is 0 Å². The number of rotatable bonds is 4. The van der Waals surface area contributed by atoms with Crippen molar-refractivity contribution in [1.82, 2.24) is 4.98 Å². The SMILES string of the molecule is C=C(C[n+]1ccc(-c2ccccc2)nc1)c1ccccc1.[Cl-]. The number of aromatic nitrogens is 2. The topological polar surface area (TPSA) is 16.8 Å². The second kappa shape index (κ2) is 7.53. The van der Waals surface area contributed by atoms with Gasteiger partial charge in [-0.3, -0.25) is 0 Å². The Hall–Kier alpha value is -2.45. The van der Waals surface area contributed by atoms with Crippen LogP contribution in [0.4, 0.5) is 0 Å². The molecule has 3 heteroatoms. The van der Waals surface area contributed by atoms with Gasteiger partial charge in [0.25, 0.3) is 6.33 Å². The van der Waals surface area contributed by atoms with Gasteiger partial charge in [-0.1, -0.05) is 67.2 Å². The van der Waals surface area contributed by atoms with Gasteiger partial charge in [-0.25, -0.2) is 4.57 Å². The fourth-order valence-electron chi connectivity index (χ4n) is 2.24. The van der Waals surface area contributed by atoms with Gasteiger partial charge in [0.2, 0.25) is 0 Å². The predicted molar refractivity (Wildman–Crippen MR) is 85.3 cm³/mol. The van der Waals surface area contributed by atoms with E-state index < -0.39 is 0 Å². The van der Waals surface area contributed by atoms with Gasteiger partial charge in [-0.05, 0) is 16.1 Å². The summed E-state index contributed by atoms with van der Waals surface area (Å²) in [6, 6.07) is 22.5. The van der Waals surface area contributed by atoms with Crippen molar-refractivity contribution in [2.45, 2.75) is 6.54 Å². The molecule has 0 saturated carbocycles. The summed E-state index contributed by atoms with van der Waals surface area (Å²) < 4.78 is 2.04. The molecule has 2 aromatic carbocycles. The van der Waals surface area contributed by atoms with Crippen LogP contribution in [-0.4, -0.2) is 4.98 Å². The molecule has 0 aliphatic rings. The Morgan fingerprint density at radius 2 is 1.55 bits per heavy atom. The lowest BCUT2D eigenvalue weighted by Gasteiger charge is -2.04. The summed E-state index contributed by atoms with van der Waals surface area (Å²) >= 11 is 0. The summed E-state index contributed by atoms with van der Waals surface area (Å²) in [7, 11) is 0. The molecular formula is C19H17ClN2. The molecule has 0 radical (unpaired) electrons. The quantitative estimate of drug-likeness (QED) is 0.650. The molecule has 0 saturated heterocycles. The lowest BCUT2D eigenvalue weighted by atomic mass is 10.1. The van der Waals surface area contributed by atoms with Crippen LogP contribution in [0.1, 0.15) is 5.56 Å². The maximum Gasteiger partial charge on any atom is 0.287 e. The molecule has 1 heterocycles. The first-order chi connectivity index (χ1) is 10.3. The van der Waals surface area contributed by atoms with Gasteiger partial charge in [0.05, 0.1) is 6.20 Å². The van der Waals surface area contributed by atoms with Crippen molar-refractivity contribution < 1.29 is 17.0 Å². The van der Waals surface area contributed by atoms with Crippen LogP contribution in [-0.2, 0) is 6.54 Å². The molecule has 0 spiro atoms. The van der Waals surface area contributed by atoms with Gasteiger partial charge < -0.3 is 12.4 Å². The fraction of sp³-hybridized carbons (Fsp3) is 0.0526. The van der Waals surface area contributed by atoms with E-state index in [0.29, 0.717) is 0 Å². The molecule has 2 nitrogen and oxygen atoms in total. The van der Waals surface area contributed by atoms with Crippen LogP contribution in [0.2, 0.25) is 0 Å². The first-order valence-corrected chi connectivity index (χ1v) is 6.96. The minimum absolute atomic E-state index is 0. The number of benzene rings is 2. The summed E-state index contributed by atoms with van der Waals surface area (Å²) in [5, 5.41) is 0. The average Bonchev–Trinajstić information content (AvgIpc) is 2.57.